The Bertz CT molecular complexity index is 220. The Balaban J connectivity index is 2.48. The van der Waals surface area contributed by atoms with Crippen molar-refractivity contribution in [3.63, 3.8) is 0 Å². The lowest BCUT2D eigenvalue weighted by Crippen LogP contribution is -2.44. The Kier molecular flexibility index (Phi) is 5.23. The summed E-state index contributed by atoms with van der Waals surface area (Å²) in [4.78, 5) is 11.8. The minimum atomic E-state index is -1.60. The van der Waals surface area contributed by atoms with Crippen molar-refractivity contribution in [3.8, 4) is 0 Å². The van der Waals surface area contributed by atoms with Gasteiger partial charge in [0.2, 0.25) is 0 Å². The van der Waals surface area contributed by atoms with E-state index in [0.29, 0.717) is 25.3 Å². The fourth-order valence-electron chi connectivity index (χ4n) is 2.15. The number of hydrogen-bond acceptors (Lipinski definition) is 1. The van der Waals surface area contributed by atoms with E-state index in [0.717, 1.165) is 25.7 Å². The molecule has 1 amide bonds. The molecule has 16 heavy (non-hydrogen) atoms. The summed E-state index contributed by atoms with van der Waals surface area (Å²) in [7, 11) is 0. The molecule has 3 heteroatoms. The zero-order valence-corrected chi connectivity index (χ0v) is 10.5. The lowest BCUT2D eigenvalue weighted by molar-refractivity contribution is -0.134. The maximum absolute atomic E-state index is 14.4. The first kappa shape index (κ1) is 13.5. The Hall–Kier alpha value is -0.600. The van der Waals surface area contributed by atoms with Gasteiger partial charge in [-0.25, -0.2) is 4.39 Å². The van der Waals surface area contributed by atoms with Gasteiger partial charge in [0.05, 0.1) is 0 Å². The van der Waals surface area contributed by atoms with Crippen molar-refractivity contribution in [2.45, 2.75) is 64.5 Å². The van der Waals surface area contributed by atoms with Crippen LogP contribution in [0.25, 0.3) is 0 Å². The second-order valence-corrected chi connectivity index (χ2v) is 5.34. The van der Waals surface area contributed by atoms with Gasteiger partial charge in [-0.05, 0) is 31.6 Å². The summed E-state index contributed by atoms with van der Waals surface area (Å²) in [5.74, 6) is -0.00999. The molecule has 0 aromatic rings. The molecule has 0 unspecified atom stereocenters. The van der Waals surface area contributed by atoms with Gasteiger partial charge in [0.15, 0.2) is 5.67 Å². The van der Waals surface area contributed by atoms with Crippen LogP contribution in [-0.4, -0.2) is 18.1 Å². The van der Waals surface area contributed by atoms with Crippen LogP contribution in [-0.2, 0) is 4.79 Å². The normalized spacial score (nSPS) is 21.2. The van der Waals surface area contributed by atoms with Gasteiger partial charge in [-0.2, -0.15) is 0 Å². The summed E-state index contributed by atoms with van der Waals surface area (Å²) in [6, 6.07) is 0. The molecule has 0 aromatic carbocycles. The molecule has 1 rings (SSSR count). The maximum Gasteiger partial charge on any atom is 0.257 e. The van der Waals surface area contributed by atoms with Gasteiger partial charge in [0.25, 0.3) is 5.91 Å². The molecule has 0 bridgehead atoms. The van der Waals surface area contributed by atoms with E-state index < -0.39 is 5.67 Å². The number of rotatable bonds is 3. The molecule has 0 heterocycles. The van der Waals surface area contributed by atoms with Gasteiger partial charge < -0.3 is 5.32 Å². The number of carbonyl (C=O) groups excluding carboxylic acids is 1. The molecule has 1 aliphatic rings. The summed E-state index contributed by atoms with van der Waals surface area (Å²) in [5, 5.41) is 2.73. The van der Waals surface area contributed by atoms with E-state index in [4.69, 9.17) is 0 Å². The van der Waals surface area contributed by atoms with Crippen LogP contribution in [0.3, 0.4) is 0 Å². The molecule has 0 saturated heterocycles. The van der Waals surface area contributed by atoms with E-state index in [1.807, 2.05) is 13.8 Å². The van der Waals surface area contributed by atoms with Gasteiger partial charge in [0, 0.05) is 6.54 Å². The molecule has 0 aromatic heterocycles. The number of nitrogens with one attached hydrogen (secondary N) is 1. The van der Waals surface area contributed by atoms with Crippen molar-refractivity contribution in [1.82, 2.24) is 5.32 Å². The van der Waals surface area contributed by atoms with Gasteiger partial charge in [-0.3, -0.25) is 4.79 Å². The highest BCUT2D eigenvalue weighted by molar-refractivity contribution is 5.85. The maximum atomic E-state index is 14.4. The number of hydrogen-bond donors (Lipinski definition) is 1. The second kappa shape index (κ2) is 6.21. The van der Waals surface area contributed by atoms with Crippen molar-refractivity contribution in [2.24, 2.45) is 5.92 Å². The first-order valence-corrected chi connectivity index (χ1v) is 6.52. The van der Waals surface area contributed by atoms with Gasteiger partial charge in [0.1, 0.15) is 0 Å². The first-order chi connectivity index (χ1) is 7.54. The minimum absolute atomic E-state index is 0.376. The van der Waals surface area contributed by atoms with Crippen LogP contribution in [0, 0.1) is 5.92 Å². The second-order valence-electron chi connectivity index (χ2n) is 5.34. The summed E-state index contributed by atoms with van der Waals surface area (Å²) in [6.07, 6.45) is 5.78. The molecular formula is C13H24FNO. The van der Waals surface area contributed by atoms with E-state index in [2.05, 4.69) is 5.32 Å². The van der Waals surface area contributed by atoms with Crippen molar-refractivity contribution < 1.29 is 9.18 Å². The zero-order chi connectivity index (χ0) is 12.0. The zero-order valence-electron chi connectivity index (χ0n) is 10.5. The number of carbonyl (C=O) groups is 1. The molecule has 2 nitrogen and oxygen atoms in total. The number of alkyl halides is 1. The van der Waals surface area contributed by atoms with Crippen LogP contribution >= 0.6 is 0 Å². The van der Waals surface area contributed by atoms with Crippen LogP contribution in [0.2, 0.25) is 0 Å². The third-order valence-electron chi connectivity index (χ3n) is 3.22. The predicted molar refractivity (Wildman–Crippen MR) is 64.0 cm³/mol. The number of halogens is 1. The molecule has 1 aliphatic carbocycles. The Labute approximate surface area is 98.0 Å². The third kappa shape index (κ3) is 4.11. The molecule has 0 aliphatic heterocycles. The van der Waals surface area contributed by atoms with Crippen molar-refractivity contribution in [2.75, 3.05) is 6.54 Å². The average molecular weight is 229 g/mol. The van der Waals surface area contributed by atoms with Crippen LogP contribution in [0.5, 0.6) is 0 Å². The van der Waals surface area contributed by atoms with Crippen LogP contribution in [0.15, 0.2) is 0 Å². The summed E-state index contributed by atoms with van der Waals surface area (Å²) < 4.78 is 14.4. The Morgan fingerprint density at radius 1 is 1.19 bits per heavy atom. The molecule has 94 valence electrons. The standard InChI is InChI=1S/C13H24FNO/c1-11(2)10-15-12(16)13(14)8-6-4-3-5-7-9-13/h11H,3-10H2,1-2H3,(H,15,16). The molecule has 1 N–H and O–H groups in total. The highest BCUT2D eigenvalue weighted by Crippen LogP contribution is 2.30. The van der Waals surface area contributed by atoms with Crippen LogP contribution in [0.1, 0.15) is 58.8 Å². The minimum Gasteiger partial charge on any atom is -0.353 e. The fourth-order valence-corrected chi connectivity index (χ4v) is 2.15. The SMILES string of the molecule is CC(C)CNC(=O)C1(F)CCCCCCC1. The van der Waals surface area contributed by atoms with Gasteiger partial charge in [-0.1, -0.05) is 33.1 Å². The topological polar surface area (TPSA) is 29.1 Å². The smallest absolute Gasteiger partial charge is 0.257 e. The molecular weight excluding hydrogens is 205 g/mol. The lowest BCUT2D eigenvalue weighted by atomic mass is 9.88. The lowest BCUT2D eigenvalue weighted by Gasteiger charge is -2.26. The number of amides is 1. The van der Waals surface area contributed by atoms with E-state index in [-0.39, 0.29) is 5.91 Å². The van der Waals surface area contributed by atoms with E-state index in [1.54, 1.807) is 0 Å². The molecule has 1 saturated carbocycles. The van der Waals surface area contributed by atoms with E-state index in [1.165, 1.54) is 6.42 Å². The molecule has 0 atom stereocenters. The summed E-state index contributed by atoms with van der Waals surface area (Å²) in [6.45, 7) is 4.61. The third-order valence-corrected chi connectivity index (χ3v) is 3.22. The van der Waals surface area contributed by atoms with Crippen molar-refractivity contribution in [3.05, 3.63) is 0 Å². The Morgan fingerprint density at radius 3 is 2.19 bits per heavy atom. The largest absolute Gasteiger partial charge is 0.353 e. The molecule has 1 fully saturated rings. The molecule has 0 spiro atoms. The fraction of sp³-hybridized carbons (Fsp3) is 0.923. The highest BCUT2D eigenvalue weighted by Gasteiger charge is 2.37. The summed E-state index contributed by atoms with van der Waals surface area (Å²) in [5.41, 5.74) is -1.60. The van der Waals surface area contributed by atoms with E-state index >= 15 is 0 Å². The highest BCUT2D eigenvalue weighted by atomic mass is 19.1. The average Bonchev–Trinajstić information content (AvgIpc) is 2.20. The van der Waals surface area contributed by atoms with Crippen molar-refractivity contribution >= 4 is 5.91 Å². The van der Waals surface area contributed by atoms with Crippen LogP contribution in [0.4, 0.5) is 4.39 Å². The van der Waals surface area contributed by atoms with Gasteiger partial charge >= 0.3 is 0 Å². The Morgan fingerprint density at radius 2 is 1.69 bits per heavy atom. The molecule has 0 radical (unpaired) electrons. The predicted octanol–water partition coefficient (Wildman–Crippen LogP) is 3.21. The van der Waals surface area contributed by atoms with Gasteiger partial charge in [-0.15, -0.1) is 0 Å². The summed E-state index contributed by atoms with van der Waals surface area (Å²) >= 11 is 0. The van der Waals surface area contributed by atoms with E-state index in [9.17, 15) is 9.18 Å². The monoisotopic (exact) mass is 229 g/mol. The quantitative estimate of drug-likeness (QED) is 0.791. The van der Waals surface area contributed by atoms with Crippen LogP contribution < -0.4 is 5.32 Å². The first-order valence-electron chi connectivity index (χ1n) is 6.52. The van der Waals surface area contributed by atoms with Crippen molar-refractivity contribution in [1.29, 1.82) is 0 Å².